The Bertz CT molecular complexity index is 2130. The summed E-state index contributed by atoms with van der Waals surface area (Å²) in [6.45, 7) is 28.6. The van der Waals surface area contributed by atoms with Gasteiger partial charge >= 0.3 is 38.9 Å². The van der Waals surface area contributed by atoms with Gasteiger partial charge < -0.3 is 45.0 Å². The maximum absolute atomic E-state index is 12.2. The van der Waals surface area contributed by atoms with Crippen LogP contribution in [0.5, 0.6) is 0 Å². The van der Waals surface area contributed by atoms with Gasteiger partial charge in [-0.2, -0.15) is 0 Å². The fraction of sp³-hybridized carbons (Fsp3) is 0.818. The SMILES string of the molecule is C#CCC(C)OP(=O)(OC(C)C)OC(C)C.C#CCCCCOP(C)(=O)OC(C)C.C#CCCOP(=O)(OC(C)C)OC(C)C.C#CCOCCC(=O)NCCC(=O)NC(CO)COP(=O)(O)OC(C)C.CC(C)OP(=O)(O)OCCCCCCN. The van der Waals surface area contributed by atoms with Crippen molar-refractivity contribution in [2.75, 3.05) is 66.0 Å². The predicted molar refractivity (Wildman–Crippen MR) is 334 cm³/mol. The molecule has 0 aliphatic heterocycles. The zero-order valence-corrected chi connectivity index (χ0v) is 58.4. The lowest BCUT2D eigenvalue weighted by atomic mass is 10.2. The Balaban J connectivity index is -0.000000326. The Morgan fingerprint density at radius 2 is 0.965 bits per heavy atom. The standard InChI is InChI=1S/C15H27N2O8P.C11H21O4P.C10H19O4P.C10H19O3P.C9H22NO4P/c1-4-8-23-9-6-14(19)16-7-5-15(20)17-13(10-18)11-24-26(21,22)25-12(2)3;1-7-8-11(6)15-16(12,13-9(2)3)14-10(4)5;1-6-7-8-12-15(11,13-9(2)3)14-10(4)5;1-5-6-7-8-9-12-14(4,11)13-10(2)3;1-9(2)14-15(11,12)13-8-6-4-3-5-7-10/h1,12-13,18H,5-11H2,2-3H3,(H,16,19)(H,17,20)(H,21,22);1,9-11H,8H2,2-6H3;1,9-10H,7-8H2,2-5H3;1,10H,6-9H2,2-4H3;9H,3-8,10H2,1-2H3,(H,11,12). The fourth-order valence-electron chi connectivity index (χ4n) is 5.50. The number of terminal acetylenes is 4. The molecular formula is C55H108N3O23P5. The molecule has 7 N–H and O–H groups in total. The summed E-state index contributed by atoms with van der Waals surface area (Å²) in [4.78, 5) is 41.8. The van der Waals surface area contributed by atoms with Gasteiger partial charge in [0.15, 0.2) is 0 Å². The number of rotatable bonds is 44. The molecule has 0 bridgehead atoms. The molecule has 0 radical (unpaired) electrons. The van der Waals surface area contributed by atoms with Crippen molar-refractivity contribution in [2.24, 2.45) is 5.73 Å². The number of ether oxygens (including phenoxy) is 1. The van der Waals surface area contributed by atoms with Crippen molar-refractivity contribution in [1.82, 2.24) is 10.6 Å². The molecule has 2 amide bonds. The highest BCUT2D eigenvalue weighted by Crippen LogP contribution is 2.53. The Kier molecular flexibility index (Phi) is 59.6. The predicted octanol–water partition coefficient (Wildman–Crippen LogP) is 11.0. The quantitative estimate of drug-likeness (QED) is 0.0187. The molecule has 0 aromatic carbocycles. The third-order valence-corrected chi connectivity index (χ3v) is 16.1. The third-order valence-electron chi connectivity index (χ3n) is 8.41. The number of carbonyl (C=O) groups excluding carboxylic acids is 2. The van der Waals surface area contributed by atoms with E-state index in [4.69, 9.17) is 90.4 Å². The first kappa shape index (κ1) is 92.4. The highest BCUT2D eigenvalue weighted by molar-refractivity contribution is 7.53. The van der Waals surface area contributed by atoms with Crippen molar-refractivity contribution in [3.8, 4) is 49.4 Å². The summed E-state index contributed by atoms with van der Waals surface area (Å²) < 4.78 is 124. The molecule has 0 saturated carbocycles. The summed E-state index contributed by atoms with van der Waals surface area (Å²) in [5, 5.41) is 14.2. The van der Waals surface area contributed by atoms with Gasteiger partial charge in [0.1, 0.15) is 6.61 Å². The second-order valence-corrected chi connectivity index (χ2v) is 28.1. The highest BCUT2D eigenvalue weighted by atomic mass is 31.2. The first-order valence-corrected chi connectivity index (χ1v) is 36.4. The van der Waals surface area contributed by atoms with Crippen molar-refractivity contribution < 1.29 is 106 Å². The van der Waals surface area contributed by atoms with E-state index < -0.39 is 70.2 Å². The molecule has 0 aromatic heterocycles. The number of aliphatic hydroxyl groups excluding tert-OH is 1. The summed E-state index contributed by atoms with van der Waals surface area (Å²) in [6.07, 6.45) is 25.2. The molecule has 26 nitrogen and oxygen atoms in total. The van der Waals surface area contributed by atoms with Gasteiger partial charge in [-0.25, -0.2) is 18.3 Å². The molecule has 0 aliphatic carbocycles. The average Bonchev–Trinajstić information content (AvgIpc) is 3.57. The number of nitrogens with one attached hydrogen (secondary N) is 2. The molecule has 0 spiro atoms. The number of nitrogens with two attached hydrogens (primary N) is 1. The molecule has 31 heteroatoms. The van der Waals surface area contributed by atoms with Gasteiger partial charge in [-0.05, 0) is 136 Å². The van der Waals surface area contributed by atoms with E-state index >= 15 is 0 Å². The number of hydrogen-bond donors (Lipinski definition) is 6. The van der Waals surface area contributed by atoms with Crippen molar-refractivity contribution in [2.45, 2.75) is 229 Å². The monoisotopic (exact) mass is 1330 g/mol. The van der Waals surface area contributed by atoms with E-state index in [1.807, 2.05) is 13.8 Å². The van der Waals surface area contributed by atoms with Crippen molar-refractivity contribution in [3.05, 3.63) is 0 Å². The number of hydrogen-bond acceptors (Lipinski definition) is 22. The van der Waals surface area contributed by atoms with Crippen LogP contribution in [0.15, 0.2) is 0 Å². The maximum Gasteiger partial charge on any atom is 0.475 e. The topological polar surface area (TPSA) is 350 Å². The number of amides is 2. The van der Waals surface area contributed by atoms with Crippen LogP contribution in [-0.2, 0) is 91.4 Å². The minimum absolute atomic E-state index is 0.0350. The second kappa shape index (κ2) is 55.5. The number of unbranched alkanes of at least 4 members (excludes halogenated alkanes) is 5. The van der Waals surface area contributed by atoms with Crippen LogP contribution in [0.2, 0.25) is 0 Å². The van der Waals surface area contributed by atoms with E-state index in [1.165, 1.54) is 6.66 Å². The van der Waals surface area contributed by atoms with Crippen LogP contribution >= 0.6 is 38.9 Å². The zero-order valence-electron chi connectivity index (χ0n) is 54.0. The molecule has 0 fully saturated rings. The molecule has 5 unspecified atom stereocenters. The van der Waals surface area contributed by atoms with Crippen molar-refractivity contribution in [1.29, 1.82) is 0 Å². The Labute approximate surface area is 516 Å². The van der Waals surface area contributed by atoms with Crippen LogP contribution in [-0.4, -0.2) is 148 Å². The van der Waals surface area contributed by atoms with Crippen LogP contribution in [0.4, 0.5) is 0 Å². The summed E-state index contributed by atoms with van der Waals surface area (Å²) in [5.41, 5.74) is 5.33. The molecule has 0 saturated heterocycles. The van der Waals surface area contributed by atoms with Crippen LogP contribution in [0.25, 0.3) is 0 Å². The van der Waals surface area contributed by atoms with E-state index in [0.29, 0.717) is 26.0 Å². The molecule has 0 heterocycles. The lowest BCUT2D eigenvalue weighted by molar-refractivity contribution is -0.123. The molecular weight excluding hydrogens is 1230 g/mol. The van der Waals surface area contributed by atoms with Crippen molar-refractivity contribution in [3.63, 3.8) is 0 Å². The lowest BCUT2D eigenvalue weighted by Gasteiger charge is -2.24. The average molecular weight is 1330 g/mol. The molecule has 5 atom stereocenters. The molecule has 0 aromatic rings. The molecule has 0 rings (SSSR count). The van der Waals surface area contributed by atoms with Crippen LogP contribution in [0, 0.1) is 49.4 Å². The van der Waals surface area contributed by atoms with E-state index in [0.717, 1.165) is 44.9 Å². The summed E-state index contributed by atoms with van der Waals surface area (Å²) >= 11 is 0. The summed E-state index contributed by atoms with van der Waals surface area (Å²) in [6, 6.07) is -0.883. The normalized spacial score (nSPS) is 14.2. The van der Waals surface area contributed by atoms with E-state index in [-0.39, 0.29) is 94.4 Å². The maximum atomic E-state index is 12.2. The smallest absolute Gasteiger partial charge is 0.394 e. The number of phosphoric ester groups is 4. The zero-order chi connectivity index (χ0) is 67.4. The first-order valence-electron chi connectivity index (χ1n) is 28.5. The van der Waals surface area contributed by atoms with Gasteiger partial charge in [0, 0.05) is 38.9 Å². The number of carbonyl (C=O) groups is 2. The Hall–Kier alpha value is -2.35. The fourth-order valence-corrected chi connectivity index (χ4v) is 11.9. The number of aliphatic hydroxyl groups is 1. The van der Waals surface area contributed by atoms with Crippen molar-refractivity contribution >= 4 is 50.7 Å². The molecule has 506 valence electrons. The Morgan fingerprint density at radius 3 is 1.42 bits per heavy atom. The summed E-state index contributed by atoms with van der Waals surface area (Å²) in [7, 11) is -17.9. The largest absolute Gasteiger partial charge is 0.475 e. The van der Waals surface area contributed by atoms with Crippen LogP contribution in [0.3, 0.4) is 0 Å². The first-order chi connectivity index (χ1) is 39.8. The van der Waals surface area contributed by atoms with Gasteiger partial charge in [0.2, 0.25) is 11.8 Å². The third kappa shape index (κ3) is 69.1. The van der Waals surface area contributed by atoms with Gasteiger partial charge in [0.05, 0.1) is 101 Å². The van der Waals surface area contributed by atoms with E-state index in [2.05, 4.69) is 34.3 Å². The second-order valence-electron chi connectivity index (χ2n) is 20.2. The minimum atomic E-state index is -4.25. The van der Waals surface area contributed by atoms with Crippen LogP contribution < -0.4 is 16.4 Å². The molecule has 86 heavy (non-hydrogen) atoms. The van der Waals surface area contributed by atoms with Gasteiger partial charge in [0.25, 0.3) is 0 Å². The number of phosphoric acid groups is 4. The minimum Gasteiger partial charge on any atom is -0.394 e. The highest BCUT2D eigenvalue weighted by Gasteiger charge is 2.32. The molecule has 0 aliphatic rings. The van der Waals surface area contributed by atoms with E-state index in [1.54, 1.807) is 90.0 Å². The van der Waals surface area contributed by atoms with E-state index in [9.17, 15) is 47.3 Å². The van der Waals surface area contributed by atoms with Gasteiger partial charge in [-0.3, -0.25) is 59.4 Å². The van der Waals surface area contributed by atoms with Crippen LogP contribution in [0.1, 0.15) is 174 Å². The Morgan fingerprint density at radius 1 is 0.500 bits per heavy atom. The van der Waals surface area contributed by atoms with Gasteiger partial charge in [-0.1, -0.05) is 18.8 Å². The summed E-state index contributed by atoms with van der Waals surface area (Å²) in [5.74, 6) is 8.89. The van der Waals surface area contributed by atoms with Gasteiger partial charge in [-0.15, -0.1) is 43.5 Å². The lowest BCUT2D eigenvalue weighted by Crippen LogP contribution is -2.42.